The minimum Gasteiger partial charge on any atom is -0.444 e. The van der Waals surface area contributed by atoms with Crippen molar-refractivity contribution in [1.82, 2.24) is 20.2 Å². The lowest BCUT2D eigenvalue weighted by Gasteiger charge is -2.22. The van der Waals surface area contributed by atoms with Crippen molar-refractivity contribution in [2.24, 2.45) is 0 Å². The number of alkyl carbamates (subject to hydrolysis) is 1. The van der Waals surface area contributed by atoms with Gasteiger partial charge in [-0.1, -0.05) is 0 Å². The molecule has 0 radical (unpaired) electrons. The van der Waals surface area contributed by atoms with Crippen molar-refractivity contribution in [1.29, 1.82) is 0 Å². The second-order valence-corrected chi connectivity index (χ2v) is 7.02. The second kappa shape index (κ2) is 6.14. The fraction of sp³-hybridized carbons (Fsp3) is 0.471. The van der Waals surface area contributed by atoms with Crippen molar-refractivity contribution in [3.63, 3.8) is 0 Å². The maximum atomic E-state index is 12.6. The van der Waals surface area contributed by atoms with Crippen molar-refractivity contribution in [2.45, 2.75) is 38.8 Å². The molecule has 1 aromatic heterocycles. The van der Waals surface area contributed by atoms with Crippen molar-refractivity contribution in [3.05, 3.63) is 30.1 Å². The normalized spacial score (nSPS) is 18.0. The van der Waals surface area contributed by atoms with E-state index in [1.165, 1.54) is 0 Å². The Kier molecular flexibility index (Phi) is 4.17. The maximum Gasteiger partial charge on any atom is 0.407 e. The summed E-state index contributed by atoms with van der Waals surface area (Å²) in [5, 5.41) is 2.83. The smallest absolute Gasteiger partial charge is 0.407 e. The largest absolute Gasteiger partial charge is 0.444 e. The topological polar surface area (TPSA) is 87.3 Å². The molecule has 1 aliphatic rings. The van der Waals surface area contributed by atoms with E-state index in [9.17, 15) is 9.59 Å². The monoisotopic (exact) mass is 330 g/mol. The molecule has 2 heterocycles. The average Bonchev–Trinajstić information content (AvgIpc) is 3.12. The van der Waals surface area contributed by atoms with Crippen LogP contribution in [-0.4, -0.2) is 51.6 Å². The van der Waals surface area contributed by atoms with Crippen molar-refractivity contribution < 1.29 is 14.3 Å². The Labute approximate surface area is 140 Å². The molecule has 0 saturated carbocycles. The highest BCUT2D eigenvalue weighted by atomic mass is 16.6. The first-order valence-corrected chi connectivity index (χ1v) is 8.04. The minimum absolute atomic E-state index is 0.0417. The van der Waals surface area contributed by atoms with Crippen LogP contribution in [0.5, 0.6) is 0 Å². The van der Waals surface area contributed by atoms with Crippen LogP contribution in [0.3, 0.4) is 0 Å². The van der Waals surface area contributed by atoms with Gasteiger partial charge in [0.05, 0.1) is 23.4 Å². The highest BCUT2D eigenvalue weighted by molar-refractivity contribution is 5.97. The summed E-state index contributed by atoms with van der Waals surface area (Å²) in [4.78, 5) is 33.4. The van der Waals surface area contributed by atoms with E-state index in [-0.39, 0.29) is 11.9 Å². The molecule has 2 amide bonds. The minimum atomic E-state index is -0.530. The third-order valence-electron chi connectivity index (χ3n) is 3.86. The predicted octanol–water partition coefficient (Wildman–Crippen LogP) is 2.30. The Balaban J connectivity index is 1.60. The first kappa shape index (κ1) is 16.3. The zero-order chi connectivity index (χ0) is 17.3. The third kappa shape index (κ3) is 3.67. The number of likely N-dealkylation sites (tertiary alicyclic amines) is 1. The van der Waals surface area contributed by atoms with Gasteiger partial charge in [0, 0.05) is 18.7 Å². The molecule has 1 fully saturated rings. The number of rotatable bonds is 2. The lowest BCUT2D eigenvalue weighted by atomic mass is 10.2. The first-order valence-electron chi connectivity index (χ1n) is 8.04. The molecule has 1 aromatic carbocycles. The van der Waals surface area contributed by atoms with Crippen molar-refractivity contribution in [2.75, 3.05) is 13.1 Å². The highest BCUT2D eigenvalue weighted by Gasteiger charge is 2.29. The van der Waals surface area contributed by atoms with Gasteiger partial charge in [0.1, 0.15) is 5.60 Å². The van der Waals surface area contributed by atoms with Gasteiger partial charge < -0.3 is 19.9 Å². The van der Waals surface area contributed by atoms with E-state index in [0.717, 1.165) is 17.5 Å². The number of H-pyrrole nitrogens is 1. The van der Waals surface area contributed by atoms with Gasteiger partial charge in [-0.15, -0.1) is 0 Å². The van der Waals surface area contributed by atoms with Crippen LogP contribution in [0.25, 0.3) is 11.0 Å². The molecule has 7 heteroatoms. The molecule has 7 nitrogen and oxygen atoms in total. The zero-order valence-corrected chi connectivity index (χ0v) is 14.1. The molecule has 24 heavy (non-hydrogen) atoms. The van der Waals surface area contributed by atoms with Gasteiger partial charge in [-0.2, -0.15) is 0 Å². The van der Waals surface area contributed by atoms with E-state index < -0.39 is 11.7 Å². The van der Waals surface area contributed by atoms with Crippen LogP contribution in [0.15, 0.2) is 24.5 Å². The number of carbonyl (C=O) groups is 2. The summed E-state index contributed by atoms with van der Waals surface area (Å²) in [6.45, 7) is 6.56. The van der Waals surface area contributed by atoms with Gasteiger partial charge in [0.2, 0.25) is 0 Å². The zero-order valence-electron chi connectivity index (χ0n) is 14.1. The van der Waals surface area contributed by atoms with Crippen LogP contribution in [0.4, 0.5) is 4.79 Å². The number of hydrogen-bond acceptors (Lipinski definition) is 4. The molecule has 1 aliphatic heterocycles. The molecule has 128 valence electrons. The maximum absolute atomic E-state index is 12.6. The summed E-state index contributed by atoms with van der Waals surface area (Å²) in [5.74, 6) is -0.0417. The summed E-state index contributed by atoms with van der Waals surface area (Å²) >= 11 is 0. The van der Waals surface area contributed by atoms with Crippen LogP contribution in [0, 0.1) is 0 Å². The first-order chi connectivity index (χ1) is 11.3. The molecule has 0 bridgehead atoms. The Bertz CT molecular complexity index is 763. The molecule has 0 unspecified atom stereocenters. The Morgan fingerprint density at radius 1 is 1.38 bits per heavy atom. The molecule has 3 rings (SSSR count). The Morgan fingerprint density at radius 2 is 2.17 bits per heavy atom. The number of amides is 2. The number of nitrogens with one attached hydrogen (secondary N) is 2. The molecule has 1 atom stereocenters. The number of benzene rings is 1. The van der Waals surface area contributed by atoms with Gasteiger partial charge in [-0.05, 0) is 45.4 Å². The van der Waals surface area contributed by atoms with Crippen LogP contribution >= 0.6 is 0 Å². The third-order valence-corrected chi connectivity index (χ3v) is 3.86. The Morgan fingerprint density at radius 3 is 2.92 bits per heavy atom. The fourth-order valence-corrected chi connectivity index (χ4v) is 2.79. The lowest BCUT2D eigenvalue weighted by Crippen LogP contribution is -2.41. The number of aromatic nitrogens is 2. The molecular weight excluding hydrogens is 308 g/mol. The van der Waals surface area contributed by atoms with Crippen LogP contribution in [0.2, 0.25) is 0 Å². The van der Waals surface area contributed by atoms with Crippen LogP contribution in [-0.2, 0) is 4.74 Å². The molecule has 2 N–H and O–H groups in total. The number of hydrogen-bond donors (Lipinski definition) is 2. The van der Waals surface area contributed by atoms with Crippen molar-refractivity contribution in [3.8, 4) is 0 Å². The standard InChI is InChI=1S/C17H22N4O3/c1-17(2,3)24-16(23)20-12-6-7-21(9-12)15(22)11-4-5-13-14(8-11)19-10-18-13/h4-5,8,10,12H,6-7,9H2,1-3H3,(H,18,19)(H,20,23)/t12-/m0/s1. The van der Waals surface area contributed by atoms with E-state index in [2.05, 4.69) is 15.3 Å². The molecule has 2 aromatic rings. The molecule has 1 saturated heterocycles. The summed E-state index contributed by atoms with van der Waals surface area (Å²) in [5.41, 5.74) is 1.75. The van der Waals surface area contributed by atoms with E-state index in [1.807, 2.05) is 26.8 Å². The second-order valence-electron chi connectivity index (χ2n) is 7.02. The number of aromatic amines is 1. The van der Waals surface area contributed by atoms with E-state index in [4.69, 9.17) is 4.74 Å². The average molecular weight is 330 g/mol. The summed E-state index contributed by atoms with van der Waals surface area (Å²) in [6, 6.07) is 5.32. The number of fused-ring (bicyclic) bond motifs is 1. The predicted molar refractivity (Wildman–Crippen MR) is 89.8 cm³/mol. The molecule has 0 aliphatic carbocycles. The van der Waals surface area contributed by atoms with Gasteiger partial charge >= 0.3 is 6.09 Å². The summed E-state index contributed by atoms with van der Waals surface area (Å²) in [6.07, 6.45) is 1.88. The summed E-state index contributed by atoms with van der Waals surface area (Å²) < 4.78 is 5.25. The SMILES string of the molecule is CC(C)(C)OC(=O)N[C@H]1CCN(C(=O)c2ccc3nc[nH]c3c2)C1. The van der Waals surface area contributed by atoms with E-state index in [0.29, 0.717) is 18.7 Å². The van der Waals surface area contributed by atoms with Crippen LogP contribution < -0.4 is 5.32 Å². The van der Waals surface area contributed by atoms with Gasteiger partial charge in [0.15, 0.2) is 0 Å². The van der Waals surface area contributed by atoms with Gasteiger partial charge in [-0.25, -0.2) is 9.78 Å². The highest BCUT2D eigenvalue weighted by Crippen LogP contribution is 2.17. The number of imidazole rings is 1. The molecular formula is C17H22N4O3. The van der Waals surface area contributed by atoms with Gasteiger partial charge in [0.25, 0.3) is 5.91 Å². The lowest BCUT2D eigenvalue weighted by molar-refractivity contribution is 0.0502. The van der Waals surface area contributed by atoms with E-state index in [1.54, 1.807) is 23.4 Å². The number of ether oxygens (including phenoxy) is 1. The number of carbonyl (C=O) groups excluding carboxylic acids is 2. The quantitative estimate of drug-likeness (QED) is 0.884. The molecule has 0 spiro atoms. The van der Waals surface area contributed by atoms with Crippen molar-refractivity contribution >= 4 is 23.0 Å². The van der Waals surface area contributed by atoms with Gasteiger partial charge in [-0.3, -0.25) is 4.79 Å². The van der Waals surface area contributed by atoms with Crippen LogP contribution in [0.1, 0.15) is 37.6 Å². The summed E-state index contributed by atoms with van der Waals surface area (Å²) in [7, 11) is 0. The Hall–Kier alpha value is -2.57. The van der Waals surface area contributed by atoms with E-state index >= 15 is 0 Å². The number of nitrogens with zero attached hydrogens (tertiary/aromatic N) is 2. The fourth-order valence-electron chi connectivity index (χ4n) is 2.79.